The van der Waals surface area contributed by atoms with E-state index in [4.69, 9.17) is 4.74 Å². The Kier molecular flexibility index (Phi) is 4.28. The molecule has 0 unspecified atom stereocenters. The van der Waals surface area contributed by atoms with Crippen LogP contribution in [0.5, 0.6) is 11.6 Å². The van der Waals surface area contributed by atoms with Crippen molar-refractivity contribution in [3.63, 3.8) is 0 Å². The smallest absolute Gasteiger partial charge is 0.221 e. The van der Waals surface area contributed by atoms with Gasteiger partial charge in [-0.15, -0.1) is 0 Å². The van der Waals surface area contributed by atoms with Crippen molar-refractivity contribution in [3.8, 4) is 11.6 Å². The lowest BCUT2D eigenvalue weighted by molar-refractivity contribution is 0.462. The second-order valence-corrected chi connectivity index (χ2v) is 5.84. The fraction of sp³-hybridized carbons (Fsp3) is 0.353. The maximum atomic E-state index is 5.82. The van der Waals surface area contributed by atoms with E-state index in [1.807, 2.05) is 36.4 Å². The molecule has 0 fully saturated rings. The largest absolute Gasteiger partial charge is 0.439 e. The molecule has 1 aromatic carbocycles. The Labute approximate surface area is 121 Å². The topological polar surface area (TPSA) is 34.1 Å². The van der Waals surface area contributed by atoms with E-state index in [9.17, 15) is 0 Å². The molecule has 106 valence electrons. The van der Waals surface area contributed by atoms with E-state index in [0.29, 0.717) is 5.88 Å². The normalized spacial score (nSPS) is 11.2. The Hall–Kier alpha value is -2.03. The van der Waals surface area contributed by atoms with Crippen LogP contribution in [0.2, 0.25) is 0 Å². The van der Waals surface area contributed by atoms with Gasteiger partial charge in [0.25, 0.3) is 0 Å². The predicted molar refractivity (Wildman–Crippen MR) is 83.5 cm³/mol. The van der Waals surface area contributed by atoms with Gasteiger partial charge in [0.2, 0.25) is 5.88 Å². The van der Waals surface area contributed by atoms with Gasteiger partial charge in [-0.05, 0) is 51.0 Å². The zero-order valence-corrected chi connectivity index (χ0v) is 12.6. The van der Waals surface area contributed by atoms with Crippen LogP contribution in [0.1, 0.15) is 33.3 Å². The number of ether oxygens (including phenoxy) is 1. The fourth-order valence-corrected chi connectivity index (χ4v) is 1.88. The monoisotopic (exact) mass is 270 g/mol. The molecule has 1 N–H and O–H groups in total. The summed E-state index contributed by atoms with van der Waals surface area (Å²) in [5, 5.41) is 3.34. The highest BCUT2D eigenvalue weighted by Crippen LogP contribution is 2.23. The molecule has 2 aromatic rings. The molecule has 0 saturated carbocycles. The van der Waals surface area contributed by atoms with Gasteiger partial charge in [0.15, 0.2) is 0 Å². The molecular formula is C17H22N2O. The third-order valence-electron chi connectivity index (χ3n) is 2.76. The SMILES string of the molecule is CCc1cccc(Oc2cccc(NC(C)(C)C)n2)c1. The summed E-state index contributed by atoms with van der Waals surface area (Å²) >= 11 is 0. The highest BCUT2D eigenvalue weighted by atomic mass is 16.5. The van der Waals surface area contributed by atoms with Crippen molar-refractivity contribution < 1.29 is 4.74 Å². The van der Waals surface area contributed by atoms with Gasteiger partial charge in [-0.2, -0.15) is 4.98 Å². The molecule has 0 aliphatic carbocycles. The molecule has 3 nitrogen and oxygen atoms in total. The number of hydrogen-bond donors (Lipinski definition) is 1. The summed E-state index contributed by atoms with van der Waals surface area (Å²) < 4.78 is 5.82. The number of nitrogens with zero attached hydrogens (tertiary/aromatic N) is 1. The Morgan fingerprint density at radius 1 is 1.10 bits per heavy atom. The van der Waals surface area contributed by atoms with Crippen LogP contribution in [-0.2, 0) is 6.42 Å². The zero-order chi connectivity index (χ0) is 14.6. The minimum atomic E-state index is -0.0201. The van der Waals surface area contributed by atoms with Crippen LogP contribution in [0.25, 0.3) is 0 Å². The molecule has 3 heteroatoms. The summed E-state index contributed by atoms with van der Waals surface area (Å²) in [4.78, 5) is 4.48. The summed E-state index contributed by atoms with van der Waals surface area (Å²) in [5.41, 5.74) is 1.24. The third-order valence-corrected chi connectivity index (χ3v) is 2.76. The molecule has 0 amide bonds. The molecule has 0 bridgehead atoms. The van der Waals surface area contributed by atoms with Crippen molar-refractivity contribution in [3.05, 3.63) is 48.0 Å². The third kappa shape index (κ3) is 4.26. The number of hydrogen-bond acceptors (Lipinski definition) is 3. The van der Waals surface area contributed by atoms with Crippen LogP contribution in [0.15, 0.2) is 42.5 Å². The van der Waals surface area contributed by atoms with E-state index >= 15 is 0 Å². The van der Waals surface area contributed by atoms with Gasteiger partial charge in [0.1, 0.15) is 11.6 Å². The first-order valence-electron chi connectivity index (χ1n) is 6.98. The van der Waals surface area contributed by atoms with E-state index in [1.165, 1.54) is 5.56 Å². The summed E-state index contributed by atoms with van der Waals surface area (Å²) in [6, 6.07) is 13.9. The second kappa shape index (κ2) is 5.95. The van der Waals surface area contributed by atoms with Crippen LogP contribution in [0.3, 0.4) is 0 Å². The van der Waals surface area contributed by atoms with Crippen LogP contribution in [0, 0.1) is 0 Å². The van der Waals surface area contributed by atoms with Crippen molar-refractivity contribution in [1.82, 2.24) is 4.98 Å². The predicted octanol–water partition coefficient (Wildman–Crippen LogP) is 4.65. The first-order chi connectivity index (χ1) is 9.46. The first kappa shape index (κ1) is 14.4. The van der Waals surface area contributed by atoms with Gasteiger partial charge < -0.3 is 10.1 Å². The standard InChI is InChI=1S/C17H22N2O/c1-5-13-8-6-9-14(12-13)20-16-11-7-10-15(18-16)19-17(2,3)4/h6-12H,5H2,1-4H3,(H,18,19). The lowest BCUT2D eigenvalue weighted by Crippen LogP contribution is -2.26. The van der Waals surface area contributed by atoms with Crippen molar-refractivity contribution in [2.45, 2.75) is 39.7 Å². The Balaban J connectivity index is 2.15. The summed E-state index contributed by atoms with van der Waals surface area (Å²) in [7, 11) is 0. The lowest BCUT2D eigenvalue weighted by atomic mass is 10.1. The molecule has 1 heterocycles. The van der Waals surface area contributed by atoms with E-state index in [2.05, 4.69) is 44.1 Å². The van der Waals surface area contributed by atoms with Gasteiger partial charge in [0, 0.05) is 11.6 Å². The number of pyridine rings is 1. The summed E-state index contributed by atoms with van der Waals surface area (Å²) in [5.74, 6) is 2.25. The van der Waals surface area contributed by atoms with Crippen LogP contribution in [-0.4, -0.2) is 10.5 Å². The molecule has 1 aromatic heterocycles. The molecule has 0 spiro atoms. The van der Waals surface area contributed by atoms with Gasteiger partial charge in [0.05, 0.1) is 0 Å². The molecule has 0 atom stereocenters. The van der Waals surface area contributed by atoms with Crippen molar-refractivity contribution >= 4 is 5.82 Å². The van der Waals surface area contributed by atoms with E-state index < -0.39 is 0 Å². The van der Waals surface area contributed by atoms with Crippen molar-refractivity contribution in [2.24, 2.45) is 0 Å². The first-order valence-corrected chi connectivity index (χ1v) is 6.98. The maximum absolute atomic E-state index is 5.82. The zero-order valence-electron chi connectivity index (χ0n) is 12.6. The van der Waals surface area contributed by atoms with E-state index in [-0.39, 0.29) is 5.54 Å². The fourth-order valence-electron chi connectivity index (χ4n) is 1.88. The van der Waals surface area contributed by atoms with Gasteiger partial charge >= 0.3 is 0 Å². The summed E-state index contributed by atoms with van der Waals surface area (Å²) in [6.07, 6.45) is 0.996. The molecule has 2 rings (SSSR count). The van der Waals surface area contributed by atoms with Gasteiger partial charge in [-0.3, -0.25) is 0 Å². The average molecular weight is 270 g/mol. The number of benzene rings is 1. The van der Waals surface area contributed by atoms with Crippen LogP contribution < -0.4 is 10.1 Å². The average Bonchev–Trinajstić information content (AvgIpc) is 2.37. The number of aryl methyl sites for hydroxylation is 1. The van der Waals surface area contributed by atoms with E-state index in [1.54, 1.807) is 0 Å². The number of nitrogens with one attached hydrogen (secondary N) is 1. The number of rotatable bonds is 4. The molecular weight excluding hydrogens is 248 g/mol. The van der Waals surface area contributed by atoms with Gasteiger partial charge in [-0.1, -0.05) is 25.1 Å². The molecule has 0 aliphatic heterocycles. The number of anilines is 1. The highest BCUT2D eigenvalue weighted by molar-refractivity contribution is 5.40. The Morgan fingerprint density at radius 2 is 1.85 bits per heavy atom. The van der Waals surface area contributed by atoms with Gasteiger partial charge in [-0.25, -0.2) is 0 Å². The van der Waals surface area contributed by atoms with Crippen molar-refractivity contribution in [2.75, 3.05) is 5.32 Å². The van der Waals surface area contributed by atoms with Crippen molar-refractivity contribution in [1.29, 1.82) is 0 Å². The van der Waals surface area contributed by atoms with E-state index in [0.717, 1.165) is 18.0 Å². The molecule has 0 saturated heterocycles. The highest BCUT2D eigenvalue weighted by Gasteiger charge is 2.10. The molecule has 20 heavy (non-hydrogen) atoms. The number of aromatic nitrogens is 1. The Morgan fingerprint density at radius 3 is 2.55 bits per heavy atom. The molecule has 0 radical (unpaired) electrons. The molecule has 0 aliphatic rings. The van der Waals surface area contributed by atoms with Crippen LogP contribution >= 0.6 is 0 Å². The quantitative estimate of drug-likeness (QED) is 0.878. The maximum Gasteiger partial charge on any atom is 0.221 e. The second-order valence-electron chi connectivity index (χ2n) is 5.84. The Bertz CT molecular complexity index is 573. The van der Waals surface area contributed by atoms with Crippen LogP contribution in [0.4, 0.5) is 5.82 Å². The lowest BCUT2D eigenvalue weighted by Gasteiger charge is -2.21. The minimum absolute atomic E-state index is 0.0201. The summed E-state index contributed by atoms with van der Waals surface area (Å²) in [6.45, 7) is 8.44. The minimum Gasteiger partial charge on any atom is -0.439 e.